The van der Waals surface area contributed by atoms with Gasteiger partial charge in [-0.3, -0.25) is 4.79 Å². The molecule has 0 unspecified atom stereocenters. The SMILES string of the molecule is COC(=O)C1=C(CC(N)=O)CC(C)(C)S1. The zero-order valence-electron chi connectivity index (χ0n) is 9.12. The molecule has 84 valence electrons. The zero-order valence-corrected chi connectivity index (χ0v) is 9.94. The maximum absolute atomic E-state index is 11.4. The second-order valence-electron chi connectivity index (χ2n) is 4.11. The molecule has 0 fully saturated rings. The third-order valence-corrected chi connectivity index (χ3v) is 3.45. The lowest BCUT2D eigenvalue weighted by Crippen LogP contribution is -2.14. The highest BCUT2D eigenvalue weighted by Gasteiger charge is 2.35. The van der Waals surface area contributed by atoms with Crippen molar-refractivity contribution in [1.82, 2.24) is 0 Å². The fourth-order valence-corrected chi connectivity index (χ4v) is 2.86. The van der Waals surface area contributed by atoms with Crippen LogP contribution >= 0.6 is 11.8 Å². The molecular formula is C10H15NO3S. The second kappa shape index (κ2) is 4.26. The topological polar surface area (TPSA) is 69.4 Å². The van der Waals surface area contributed by atoms with E-state index in [0.29, 0.717) is 11.3 Å². The molecule has 1 heterocycles. The van der Waals surface area contributed by atoms with Crippen molar-refractivity contribution in [2.45, 2.75) is 31.4 Å². The van der Waals surface area contributed by atoms with Crippen molar-refractivity contribution in [3.63, 3.8) is 0 Å². The van der Waals surface area contributed by atoms with E-state index in [1.807, 2.05) is 13.8 Å². The quantitative estimate of drug-likeness (QED) is 0.738. The maximum atomic E-state index is 11.4. The Bertz CT molecular complexity index is 334. The highest BCUT2D eigenvalue weighted by Crippen LogP contribution is 2.47. The standard InChI is InChI=1S/C10H15NO3S/c1-10(2)5-6(4-7(11)12)8(15-10)9(13)14-3/h4-5H2,1-3H3,(H2,11,12). The van der Waals surface area contributed by atoms with Crippen LogP contribution in [0.5, 0.6) is 0 Å². The Morgan fingerprint density at radius 1 is 1.53 bits per heavy atom. The third-order valence-electron chi connectivity index (χ3n) is 2.10. The van der Waals surface area contributed by atoms with Gasteiger partial charge < -0.3 is 10.5 Å². The van der Waals surface area contributed by atoms with E-state index in [9.17, 15) is 9.59 Å². The van der Waals surface area contributed by atoms with Gasteiger partial charge in [0.1, 0.15) is 0 Å². The highest BCUT2D eigenvalue weighted by molar-refractivity contribution is 8.05. The number of carbonyl (C=O) groups excluding carboxylic acids is 2. The lowest BCUT2D eigenvalue weighted by atomic mass is 9.99. The second-order valence-corrected chi connectivity index (χ2v) is 5.82. The van der Waals surface area contributed by atoms with Crippen LogP contribution in [0.25, 0.3) is 0 Å². The molecule has 1 amide bonds. The van der Waals surface area contributed by atoms with Crippen LogP contribution in [-0.4, -0.2) is 23.7 Å². The van der Waals surface area contributed by atoms with Crippen molar-refractivity contribution in [1.29, 1.82) is 0 Å². The number of methoxy groups -OCH3 is 1. The van der Waals surface area contributed by atoms with Crippen LogP contribution in [0.3, 0.4) is 0 Å². The van der Waals surface area contributed by atoms with Gasteiger partial charge in [0.05, 0.1) is 12.0 Å². The number of carbonyl (C=O) groups is 2. The summed E-state index contributed by atoms with van der Waals surface area (Å²) in [5.74, 6) is -0.786. The van der Waals surface area contributed by atoms with Gasteiger partial charge in [-0.05, 0) is 12.0 Å². The minimum absolute atomic E-state index is 0.0612. The van der Waals surface area contributed by atoms with Crippen LogP contribution in [-0.2, 0) is 14.3 Å². The first-order valence-electron chi connectivity index (χ1n) is 4.63. The van der Waals surface area contributed by atoms with Gasteiger partial charge in [-0.2, -0.15) is 0 Å². The molecule has 0 saturated heterocycles. The van der Waals surface area contributed by atoms with Crippen molar-refractivity contribution in [2.75, 3.05) is 7.11 Å². The Morgan fingerprint density at radius 2 is 2.13 bits per heavy atom. The molecule has 0 radical (unpaired) electrons. The average molecular weight is 229 g/mol. The molecule has 5 heteroatoms. The van der Waals surface area contributed by atoms with Crippen LogP contribution < -0.4 is 5.73 Å². The van der Waals surface area contributed by atoms with Crippen LogP contribution in [0.15, 0.2) is 10.5 Å². The predicted octanol–water partition coefficient (Wildman–Crippen LogP) is 1.20. The van der Waals surface area contributed by atoms with E-state index in [0.717, 1.165) is 5.57 Å². The molecule has 0 bridgehead atoms. The van der Waals surface area contributed by atoms with Gasteiger partial charge in [0, 0.05) is 11.2 Å². The Morgan fingerprint density at radius 3 is 2.60 bits per heavy atom. The fourth-order valence-electron chi connectivity index (χ4n) is 1.61. The largest absolute Gasteiger partial charge is 0.465 e. The van der Waals surface area contributed by atoms with Gasteiger partial charge in [0.2, 0.25) is 5.91 Å². The number of rotatable bonds is 3. The number of amides is 1. The summed E-state index contributed by atoms with van der Waals surface area (Å²) in [6.45, 7) is 4.04. The fraction of sp³-hybridized carbons (Fsp3) is 0.600. The van der Waals surface area contributed by atoms with Gasteiger partial charge >= 0.3 is 5.97 Å². The Hall–Kier alpha value is -0.970. The van der Waals surface area contributed by atoms with Crippen molar-refractivity contribution in [2.24, 2.45) is 5.73 Å². The molecule has 1 aliphatic rings. The number of nitrogens with two attached hydrogens (primary N) is 1. The molecule has 0 aromatic heterocycles. The van der Waals surface area contributed by atoms with Crippen LogP contribution in [0.4, 0.5) is 0 Å². The molecule has 0 aromatic rings. The highest BCUT2D eigenvalue weighted by atomic mass is 32.2. The minimum Gasteiger partial charge on any atom is -0.465 e. The first-order chi connectivity index (χ1) is 6.85. The number of esters is 1. The zero-order chi connectivity index (χ0) is 11.6. The summed E-state index contributed by atoms with van der Waals surface area (Å²) >= 11 is 1.45. The van der Waals surface area contributed by atoms with Crippen molar-refractivity contribution in [3.8, 4) is 0 Å². The summed E-state index contributed by atoms with van der Waals surface area (Å²) in [5, 5.41) is 0. The van der Waals surface area contributed by atoms with Gasteiger partial charge in [0.15, 0.2) is 0 Å². The normalized spacial score (nSPS) is 19.1. The molecule has 0 aliphatic carbocycles. The number of hydrogen-bond donors (Lipinski definition) is 1. The van der Waals surface area contributed by atoms with Gasteiger partial charge in [0.25, 0.3) is 0 Å². The molecule has 1 aliphatic heterocycles. The van der Waals surface area contributed by atoms with Crippen LogP contribution in [0.1, 0.15) is 26.7 Å². The van der Waals surface area contributed by atoms with Gasteiger partial charge in [-0.15, -0.1) is 11.8 Å². The molecule has 1 rings (SSSR count). The molecule has 2 N–H and O–H groups in total. The monoisotopic (exact) mass is 229 g/mol. The number of ether oxygens (including phenoxy) is 1. The molecule has 4 nitrogen and oxygen atoms in total. The van der Waals surface area contributed by atoms with Crippen LogP contribution in [0.2, 0.25) is 0 Å². The Labute approximate surface area is 93.2 Å². The summed E-state index contributed by atoms with van der Waals surface area (Å²) in [4.78, 5) is 22.8. The van der Waals surface area contributed by atoms with Crippen molar-refractivity contribution < 1.29 is 14.3 Å². The average Bonchev–Trinajstić information content (AvgIpc) is 2.38. The van der Waals surface area contributed by atoms with E-state index in [-0.39, 0.29) is 17.1 Å². The molecule has 0 aromatic carbocycles. The first kappa shape index (κ1) is 12.1. The first-order valence-corrected chi connectivity index (χ1v) is 5.45. The predicted molar refractivity (Wildman–Crippen MR) is 59.1 cm³/mol. The lowest BCUT2D eigenvalue weighted by Gasteiger charge is -2.15. The summed E-state index contributed by atoms with van der Waals surface area (Å²) in [6, 6.07) is 0. The maximum Gasteiger partial charge on any atom is 0.344 e. The van der Waals surface area contributed by atoms with Gasteiger partial charge in [-0.1, -0.05) is 13.8 Å². The minimum atomic E-state index is -0.412. The molecule has 0 atom stereocenters. The van der Waals surface area contributed by atoms with Crippen molar-refractivity contribution >= 4 is 23.6 Å². The molecule has 15 heavy (non-hydrogen) atoms. The Balaban J connectivity index is 2.92. The smallest absolute Gasteiger partial charge is 0.344 e. The van der Waals surface area contributed by atoms with E-state index >= 15 is 0 Å². The van der Waals surface area contributed by atoms with E-state index in [1.54, 1.807) is 0 Å². The summed E-state index contributed by atoms with van der Waals surface area (Å²) in [7, 11) is 1.34. The van der Waals surface area contributed by atoms with E-state index in [2.05, 4.69) is 4.74 Å². The Kier molecular flexibility index (Phi) is 3.44. The van der Waals surface area contributed by atoms with E-state index in [1.165, 1.54) is 18.9 Å². The lowest BCUT2D eigenvalue weighted by molar-refractivity contribution is -0.135. The van der Waals surface area contributed by atoms with Crippen LogP contribution in [0, 0.1) is 0 Å². The molecule has 0 saturated carbocycles. The number of hydrogen-bond acceptors (Lipinski definition) is 4. The summed E-state index contributed by atoms with van der Waals surface area (Å²) in [6.07, 6.45) is 0.839. The molecular weight excluding hydrogens is 214 g/mol. The third kappa shape index (κ3) is 2.99. The number of primary amides is 1. The summed E-state index contributed by atoms with van der Waals surface area (Å²) in [5.41, 5.74) is 5.93. The van der Waals surface area contributed by atoms with Gasteiger partial charge in [-0.25, -0.2) is 4.79 Å². The van der Waals surface area contributed by atoms with Crippen molar-refractivity contribution in [3.05, 3.63) is 10.5 Å². The summed E-state index contributed by atoms with van der Waals surface area (Å²) < 4.78 is 4.61. The van der Waals surface area contributed by atoms with E-state index < -0.39 is 5.91 Å². The molecule has 0 spiro atoms. The number of thioether (sulfide) groups is 1. The van der Waals surface area contributed by atoms with E-state index in [4.69, 9.17) is 5.73 Å².